The summed E-state index contributed by atoms with van der Waals surface area (Å²) in [6.07, 6.45) is 4.61. The highest BCUT2D eigenvalue weighted by molar-refractivity contribution is 7.14. The number of hydrogen-bond acceptors (Lipinski definition) is 4. The third-order valence-corrected chi connectivity index (χ3v) is 3.55. The Hall–Kier alpha value is -1.13. The van der Waals surface area contributed by atoms with Crippen molar-refractivity contribution < 1.29 is 0 Å². The zero-order valence-corrected chi connectivity index (χ0v) is 10.5. The second-order valence-electron chi connectivity index (χ2n) is 3.48. The molecule has 0 saturated carbocycles. The summed E-state index contributed by atoms with van der Waals surface area (Å²) in [6.45, 7) is 0.924. The van der Waals surface area contributed by atoms with Crippen LogP contribution in [-0.2, 0) is 6.42 Å². The van der Waals surface area contributed by atoms with E-state index in [1.54, 1.807) is 11.3 Å². The number of hydrogen-bond donors (Lipinski definition) is 0. The van der Waals surface area contributed by atoms with E-state index >= 15 is 0 Å². The van der Waals surface area contributed by atoms with Crippen molar-refractivity contribution in [2.45, 2.75) is 6.42 Å². The Morgan fingerprint density at radius 1 is 1.38 bits per heavy atom. The molecule has 2 rings (SSSR count). The van der Waals surface area contributed by atoms with Crippen molar-refractivity contribution >= 4 is 28.1 Å². The first-order chi connectivity index (χ1) is 7.75. The average Bonchev–Trinajstić information content (AvgIpc) is 2.74. The fourth-order valence-electron chi connectivity index (χ4n) is 1.36. The van der Waals surface area contributed by atoms with Gasteiger partial charge >= 0.3 is 0 Å². The summed E-state index contributed by atoms with van der Waals surface area (Å²) < 4.78 is 0. The van der Waals surface area contributed by atoms with Crippen molar-refractivity contribution in [1.82, 2.24) is 9.97 Å². The maximum Gasteiger partial charge on any atom is 0.186 e. The van der Waals surface area contributed by atoms with Crippen molar-refractivity contribution in [3.8, 4) is 0 Å². The largest absolute Gasteiger partial charge is 0.351 e. The van der Waals surface area contributed by atoms with Crippen LogP contribution in [0.25, 0.3) is 0 Å². The number of pyridine rings is 1. The van der Waals surface area contributed by atoms with Crippen LogP contribution in [0.3, 0.4) is 0 Å². The molecule has 2 heterocycles. The Morgan fingerprint density at radius 3 is 2.75 bits per heavy atom. The molecule has 0 aliphatic rings. The molecule has 0 amide bonds. The summed E-state index contributed by atoms with van der Waals surface area (Å²) in [5, 5.41) is 3.37. The smallest absolute Gasteiger partial charge is 0.186 e. The zero-order chi connectivity index (χ0) is 11.4. The Kier molecular flexibility index (Phi) is 3.74. The number of aromatic nitrogens is 2. The fourth-order valence-corrected chi connectivity index (χ4v) is 2.30. The first kappa shape index (κ1) is 11.4. The van der Waals surface area contributed by atoms with E-state index in [0.717, 1.165) is 18.1 Å². The molecule has 0 aromatic carbocycles. The summed E-state index contributed by atoms with van der Waals surface area (Å²) in [5.74, 6) is 0. The van der Waals surface area contributed by atoms with Gasteiger partial charge in [-0.25, -0.2) is 4.98 Å². The molecule has 0 fully saturated rings. The predicted octanol–water partition coefficient (Wildman–Crippen LogP) is 2.87. The quantitative estimate of drug-likeness (QED) is 0.839. The molecular weight excluding hydrogens is 242 g/mol. The van der Waals surface area contributed by atoms with Crippen LogP contribution in [-0.4, -0.2) is 23.6 Å². The van der Waals surface area contributed by atoms with Crippen molar-refractivity contribution in [3.05, 3.63) is 40.6 Å². The van der Waals surface area contributed by atoms with Gasteiger partial charge in [0, 0.05) is 31.4 Å². The van der Waals surface area contributed by atoms with Crippen LogP contribution in [0.1, 0.15) is 5.56 Å². The van der Waals surface area contributed by atoms with Crippen LogP contribution in [0.15, 0.2) is 29.9 Å². The van der Waals surface area contributed by atoms with Gasteiger partial charge < -0.3 is 4.90 Å². The first-order valence-electron chi connectivity index (χ1n) is 4.97. The molecule has 0 saturated heterocycles. The van der Waals surface area contributed by atoms with E-state index in [4.69, 9.17) is 11.6 Å². The molecule has 3 nitrogen and oxygen atoms in total. The first-order valence-corrected chi connectivity index (χ1v) is 6.22. The molecule has 0 unspecified atom stereocenters. The summed E-state index contributed by atoms with van der Waals surface area (Å²) in [6, 6.07) is 4.06. The summed E-state index contributed by atoms with van der Waals surface area (Å²) in [4.78, 5) is 10.3. The fraction of sp³-hybridized carbons (Fsp3) is 0.273. The van der Waals surface area contributed by atoms with Gasteiger partial charge in [0.05, 0.1) is 0 Å². The van der Waals surface area contributed by atoms with E-state index in [-0.39, 0.29) is 0 Å². The Morgan fingerprint density at radius 2 is 2.12 bits per heavy atom. The van der Waals surface area contributed by atoms with Gasteiger partial charge in [-0.05, 0) is 24.1 Å². The van der Waals surface area contributed by atoms with Gasteiger partial charge in [0.2, 0.25) is 0 Å². The van der Waals surface area contributed by atoms with Gasteiger partial charge in [0.15, 0.2) is 5.13 Å². The van der Waals surface area contributed by atoms with E-state index in [2.05, 4.69) is 14.9 Å². The van der Waals surface area contributed by atoms with Crippen LogP contribution in [0.5, 0.6) is 0 Å². The predicted molar refractivity (Wildman–Crippen MR) is 68.3 cm³/mol. The minimum atomic E-state index is 0.566. The topological polar surface area (TPSA) is 29.0 Å². The third-order valence-electron chi connectivity index (χ3n) is 2.28. The van der Waals surface area contributed by atoms with Gasteiger partial charge in [-0.2, -0.15) is 0 Å². The van der Waals surface area contributed by atoms with Gasteiger partial charge in [-0.3, -0.25) is 4.98 Å². The lowest BCUT2D eigenvalue weighted by molar-refractivity contribution is 0.870. The molecule has 0 atom stereocenters. The molecule has 0 N–H and O–H groups in total. The monoisotopic (exact) mass is 253 g/mol. The summed E-state index contributed by atoms with van der Waals surface area (Å²) in [7, 11) is 2.02. The van der Waals surface area contributed by atoms with E-state index in [1.165, 1.54) is 5.56 Å². The molecule has 0 bridgehead atoms. The van der Waals surface area contributed by atoms with E-state index in [9.17, 15) is 0 Å². The van der Waals surface area contributed by atoms with Gasteiger partial charge in [0.1, 0.15) is 5.15 Å². The van der Waals surface area contributed by atoms with E-state index in [1.807, 2.05) is 37.0 Å². The minimum absolute atomic E-state index is 0.566. The molecule has 0 radical (unpaired) electrons. The van der Waals surface area contributed by atoms with Crippen molar-refractivity contribution in [2.75, 3.05) is 18.5 Å². The second kappa shape index (κ2) is 5.27. The van der Waals surface area contributed by atoms with Crippen molar-refractivity contribution in [1.29, 1.82) is 0 Å². The van der Waals surface area contributed by atoms with Crippen LogP contribution in [0, 0.1) is 0 Å². The number of likely N-dealkylation sites (N-methyl/N-ethyl adjacent to an activating group) is 1. The Balaban J connectivity index is 1.91. The van der Waals surface area contributed by atoms with Crippen LogP contribution in [0.4, 0.5) is 5.13 Å². The maximum absolute atomic E-state index is 5.79. The highest BCUT2D eigenvalue weighted by atomic mass is 35.5. The van der Waals surface area contributed by atoms with Crippen LogP contribution >= 0.6 is 22.9 Å². The van der Waals surface area contributed by atoms with Crippen molar-refractivity contribution in [2.24, 2.45) is 0 Å². The molecule has 5 heteroatoms. The molecule has 16 heavy (non-hydrogen) atoms. The molecule has 84 valence electrons. The zero-order valence-electron chi connectivity index (χ0n) is 8.93. The average molecular weight is 254 g/mol. The lowest BCUT2D eigenvalue weighted by Gasteiger charge is -2.15. The van der Waals surface area contributed by atoms with Crippen molar-refractivity contribution in [3.63, 3.8) is 0 Å². The molecule has 0 aliphatic carbocycles. The van der Waals surface area contributed by atoms with E-state index in [0.29, 0.717) is 5.15 Å². The maximum atomic E-state index is 5.79. The number of anilines is 1. The highest BCUT2D eigenvalue weighted by Crippen LogP contribution is 2.22. The van der Waals surface area contributed by atoms with E-state index < -0.39 is 0 Å². The lowest BCUT2D eigenvalue weighted by Crippen LogP contribution is -2.19. The standard InChI is InChI=1S/C11H12ClN3S/c1-15(11-14-10(12)8-16-11)7-4-9-2-5-13-6-3-9/h2-3,5-6,8H,4,7H2,1H3. The number of halogens is 1. The SMILES string of the molecule is CN(CCc1ccncc1)c1nc(Cl)cs1. The number of thiazole rings is 1. The Labute approximate surface area is 104 Å². The third kappa shape index (κ3) is 2.93. The molecular formula is C11H12ClN3S. The van der Waals surface area contributed by atoms with Crippen LogP contribution < -0.4 is 4.90 Å². The number of nitrogens with zero attached hydrogens (tertiary/aromatic N) is 3. The molecule has 0 spiro atoms. The highest BCUT2D eigenvalue weighted by Gasteiger charge is 2.05. The van der Waals surface area contributed by atoms with Gasteiger partial charge in [-0.15, -0.1) is 11.3 Å². The normalized spacial score (nSPS) is 10.4. The summed E-state index contributed by atoms with van der Waals surface area (Å²) >= 11 is 7.35. The number of rotatable bonds is 4. The molecule has 2 aromatic rings. The van der Waals surface area contributed by atoms with Crippen LogP contribution in [0.2, 0.25) is 5.15 Å². The molecule has 2 aromatic heterocycles. The molecule has 0 aliphatic heterocycles. The Bertz CT molecular complexity index is 444. The second-order valence-corrected chi connectivity index (χ2v) is 4.70. The van der Waals surface area contributed by atoms with Gasteiger partial charge in [-0.1, -0.05) is 11.6 Å². The lowest BCUT2D eigenvalue weighted by atomic mass is 10.2. The minimum Gasteiger partial charge on any atom is -0.351 e. The summed E-state index contributed by atoms with van der Waals surface area (Å²) in [5.41, 5.74) is 1.28. The van der Waals surface area contributed by atoms with Gasteiger partial charge in [0.25, 0.3) is 0 Å².